The molecule has 0 spiro atoms. The Morgan fingerprint density at radius 3 is 1.42 bits per heavy atom. The standard InChI is InChI=1S/C21H31N5/c1-22(2)16-11-9-15(10-12-16)21-25(7)19-13-17(23(3)4)18(24(5)6)14-20(19)26(21)8/h9-14,21H,1-8H3. The summed E-state index contributed by atoms with van der Waals surface area (Å²) in [5.74, 6) is 0. The summed E-state index contributed by atoms with van der Waals surface area (Å²) in [7, 11) is 16.9. The number of fused-ring (bicyclic) bond motifs is 1. The quantitative estimate of drug-likeness (QED) is 0.834. The van der Waals surface area contributed by atoms with Gasteiger partial charge in [0.1, 0.15) is 6.17 Å². The molecule has 26 heavy (non-hydrogen) atoms. The Kier molecular flexibility index (Phi) is 4.65. The molecule has 0 aliphatic carbocycles. The van der Waals surface area contributed by atoms with Crippen molar-refractivity contribution in [1.82, 2.24) is 0 Å². The first-order chi connectivity index (χ1) is 12.2. The van der Waals surface area contributed by atoms with Gasteiger partial charge < -0.3 is 24.5 Å². The second-order valence-electron chi connectivity index (χ2n) is 7.70. The van der Waals surface area contributed by atoms with E-state index in [0.717, 1.165) is 0 Å². The normalized spacial score (nSPS) is 13.8. The van der Waals surface area contributed by atoms with Gasteiger partial charge in [0.2, 0.25) is 0 Å². The zero-order valence-electron chi connectivity index (χ0n) is 17.3. The van der Waals surface area contributed by atoms with Crippen molar-refractivity contribution >= 4 is 28.4 Å². The van der Waals surface area contributed by atoms with Crippen molar-refractivity contribution in [1.29, 1.82) is 0 Å². The summed E-state index contributed by atoms with van der Waals surface area (Å²) in [4.78, 5) is 11.2. The van der Waals surface area contributed by atoms with Crippen molar-refractivity contribution in [3.8, 4) is 0 Å². The lowest BCUT2D eigenvalue weighted by Gasteiger charge is -2.28. The van der Waals surface area contributed by atoms with Gasteiger partial charge in [-0.3, -0.25) is 0 Å². The molecule has 2 aromatic rings. The van der Waals surface area contributed by atoms with Crippen molar-refractivity contribution < 1.29 is 0 Å². The molecule has 1 aliphatic rings. The van der Waals surface area contributed by atoms with E-state index < -0.39 is 0 Å². The summed E-state index contributed by atoms with van der Waals surface area (Å²) in [6.07, 6.45) is 0.202. The maximum atomic E-state index is 2.37. The van der Waals surface area contributed by atoms with Crippen molar-refractivity contribution in [3.63, 3.8) is 0 Å². The van der Waals surface area contributed by atoms with Crippen LogP contribution in [0.5, 0.6) is 0 Å². The van der Waals surface area contributed by atoms with Gasteiger partial charge in [0.25, 0.3) is 0 Å². The topological polar surface area (TPSA) is 16.2 Å². The maximum Gasteiger partial charge on any atom is 0.128 e. The van der Waals surface area contributed by atoms with Crippen LogP contribution < -0.4 is 24.5 Å². The molecule has 140 valence electrons. The average molecular weight is 354 g/mol. The van der Waals surface area contributed by atoms with E-state index in [1.807, 2.05) is 0 Å². The minimum Gasteiger partial charge on any atom is -0.378 e. The van der Waals surface area contributed by atoms with E-state index in [4.69, 9.17) is 0 Å². The molecule has 5 nitrogen and oxygen atoms in total. The van der Waals surface area contributed by atoms with Crippen LogP contribution in [-0.2, 0) is 0 Å². The average Bonchev–Trinajstić information content (AvgIpc) is 2.84. The third kappa shape index (κ3) is 2.91. The predicted molar refractivity (Wildman–Crippen MR) is 115 cm³/mol. The lowest BCUT2D eigenvalue weighted by atomic mass is 10.1. The van der Waals surface area contributed by atoms with Crippen LogP contribution in [0.15, 0.2) is 36.4 Å². The van der Waals surface area contributed by atoms with Gasteiger partial charge in [-0.25, -0.2) is 0 Å². The van der Waals surface area contributed by atoms with Crippen molar-refractivity contribution in [2.24, 2.45) is 0 Å². The van der Waals surface area contributed by atoms with Crippen LogP contribution in [0.3, 0.4) is 0 Å². The van der Waals surface area contributed by atoms with Crippen LogP contribution >= 0.6 is 0 Å². The number of hydrogen-bond donors (Lipinski definition) is 0. The van der Waals surface area contributed by atoms with Crippen LogP contribution in [0.2, 0.25) is 0 Å². The van der Waals surface area contributed by atoms with E-state index in [1.54, 1.807) is 0 Å². The molecule has 0 saturated heterocycles. The minimum atomic E-state index is 0.202. The summed E-state index contributed by atoms with van der Waals surface area (Å²) in [5.41, 5.74) is 7.52. The van der Waals surface area contributed by atoms with Crippen LogP contribution in [0.4, 0.5) is 28.4 Å². The lowest BCUT2D eigenvalue weighted by Crippen LogP contribution is -2.30. The van der Waals surface area contributed by atoms with Gasteiger partial charge in [0.05, 0.1) is 22.7 Å². The van der Waals surface area contributed by atoms with Gasteiger partial charge in [-0.15, -0.1) is 0 Å². The van der Waals surface area contributed by atoms with Crippen molar-refractivity contribution in [3.05, 3.63) is 42.0 Å². The van der Waals surface area contributed by atoms with E-state index in [9.17, 15) is 0 Å². The lowest BCUT2D eigenvalue weighted by molar-refractivity contribution is 0.694. The minimum absolute atomic E-state index is 0.202. The molecule has 5 heteroatoms. The summed E-state index contributed by atoms with van der Waals surface area (Å²) < 4.78 is 0. The van der Waals surface area contributed by atoms with E-state index in [2.05, 4.69) is 117 Å². The molecule has 1 aliphatic heterocycles. The highest BCUT2D eigenvalue weighted by Gasteiger charge is 2.33. The Morgan fingerprint density at radius 1 is 0.654 bits per heavy atom. The fraction of sp³-hybridized carbons (Fsp3) is 0.429. The van der Waals surface area contributed by atoms with E-state index in [0.29, 0.717) is 0 Å². The highest BCUT2D eigenvalue weighted by atomic mass is 15.4. The Balaban J connectivity index is 2.04. The summed E-state index contributed by atoms with van der Waals surface area (Å²) in [5, 5.41) is 0. The van der Waals surface area contributed by atoms with Crippen LogP contribution in [0.25, 0.3) is 0 Å². The molecule has 1 heterocycles. The van der Waals surface area contributed by atoms with E-state index in [-0.39, 0.29) is 6.17 Å². The first-order valence-corrected chi connectivity index (χ1v) is 8.98. The van der Waals surface area contributed by atoms with Crippen LogP contribution in [0.1, 0.15) is 11.7 Å². The van der Waals surface area contributed by atoms with E-state index in [1.165, 1.54) is 34.0 Å². The SMILES string of the molecule is CN(C)c1ccc(C2N(C)c3cc(N(C)C)c(N(C)C)cc3N2C)cc1. The molecule has 0 atom stereocenters. The van der Waals surface area contributed by atoms with Crippen LogP contribution in [-0.4, -0.2) is 56.4 Å². The van der Waals surface area contributed by atoms with Gasteiger partial charge in [-0.1, -0.05) is 12.1 Å². The molecule has 0 amide bonds. The fourth-order valence-corrected chi connectivity index (χ4v) is 3.75. The zero-order valence-corrected chi connectivity index (χ0v) is 17.3. The molecule has 2 aromatic carbocycles. The first kappa shape index (κ1) is 18.2. The molecular weight excluding hydrogens is 322 g/mol. The maximum absolute atomic E-state index is 2.37. The first-order valence-electron chi connectivity index (χ1n) is 8.98. The number of anilines is 5. The Morgan fingerprint density at radius 2 is 1.08 bits per heavy atom. The third-order valence-corrected chi connectivity index (χ3v) is 5.24. The number of nitrogens with zero attached hydrogens (tertiary/aromatic N) is 5. The second kappa shape index (κ2) is 6.63. The molecule has 0 N–H and O–H groups in total. The monoisotopic (exact) mass is 353 g/mol. The Hall–Kier alpha value is -2.56. The van der Waals surface area contributed by atoms with Gasteiger partial charge in [-0.2, -0.15) is 0 Å². The predicted octanol–water partition coefficient (Wildman–Crippen LogP) is 3.47. The molecular formula is C21H31N5. The van der Waals surface area contributed by atoms with Gasteiger partial charge >= 0.3 is 0 Å². The smallest absolute Gasteiger partial charge is 0.128 e. The van der Waals surface area contributed by atoms with Crippen LogP contribution in [0, 0.1) is 0 Å². The Labute approximate surface area is 158 Å². The molecule has 0 saturated carbocycles. The summed E-state index contributed by atoms with van der Waals surface area (Å²) in [6, 6.07) is 13.5. The molecule has 0 radical (unpaired) electrons. The number of hydrogen-bond acceptors (Lipinski definition) is 5. The molecule has 0 unspecified atom stereocenters. The molecule has 0 aromatic heterocycles. The molecule has 3 rings (SSSR count). The van der Waals surface area contributed by atoms with Crippen molar-refractivity contribution in [2.45, 2.75) is 6.17 Å². The zero-order chi connectivity index (χ0) is 19.2. The highest BCUT2D eigenvalue weighted by Crippen LogP contribution is 2.48. The van der Waals surface area contributed by atoms with E-state index >= 15 is 0 Å². The molecule has 0 fully saturated rings. The summed E-state index contributed by atoms with van der Waals surface area (Å²) >= 11 is 0. The number of benzene rings is 2. The highest BCUT2D eigenvalue weighted by molar-refractivity contribution is 5.88. The van der Waals surface area contributed by atoms with Gasteiger partial charge in [0.15, 0.2) is 0 Å². The summed E-state index contributed by atoms with van der Waals surface area (Å²) in [6.45, 7) is 0. The third-order valence-electron chi connectivity index (χ3n) is 5.24. The number of rotatable bonds is 4. The Bertz CT molecular complexity index is 739. The second-order valence-corrected chi connectivity index (χ2v) is 7.70. The van der Waals surface area contributed by atoms with Gasteiger partial charge in [-0.05, 0) is 29.8 Å². The van der Waals surface area contributed by atoms with Gasteiger partial charge in [0, 0.05) is 62.1 Å². The van der Waals surface area contributed by atoms with Crippen molar-refractivity contribution in [2.75, 3.05) is 80.9 Å². The fourth-order valence-electron chi connectivity index (χ4n) is 3.75. The molecule has 0 bridgehead atoms. The largest absolute Gasteiger partial charge is 0.378 e.